The predicted molar refractivity (Wildman–Crippen MR) is 70.8 cm³/mol. The zero-order valence-electron chi connectivity index (χ0n) is 8.09. The molecule has 0 saturated heterocycles. The number of thiazole rings is 1. The van der Waals surface area contributed by atoms with Crippen LogP contribution in [0.2, 0.25) is 0 Å². The maximum Gasteiger partial charge on any atom is 0.103 e. The molecule has 2 rings (SSSR count). The number of hydrogen-bond acceptors (Lipinski definition) is 4. The molecular weight excluding hydrogens is 242 g/mol. The Morgan fingerprint density at radius 3 is 2.73 bits per heavy atom. The highest BCUT2D eigenvalue weighted by Gasteiger charge is 2.01. The van der Waals surface area contributed by atoms with Gasteiger partial charge in [0.15, 0.2) is 0 Å². The van der Waals surface area contributed by atoms with E-state index in [9.17, 15) is 0 Å². The van der Waals surface area contributed by atoms with E-state index in [1.165, 1.54) is 9.90 Å². The minimum absolute atomic E-state index is 0.729. The predicted octanol–water partition coefficient (Wildman–Crippen LogP) is 3.87. The van der Waals surface area contributed by atoms with Gasteiger partial charge in [-0.05, 0) is 12.1 Å². The van der Waals surface area contributed by atoms with E-state index in [1.54, 1.807) is 11.3 Å². The Balaban J connectivity index is 1.93. The molecule has 4 heteroatoms. The fourth-order valence-corrected chi connectivity index (χ4v) is 3.17. The molecule has 15 heavy (non-hydrogen) atoms. The smallest absolute Gasteiger partial charge is 0.103 e. The number of rotatable bonds is 4. The molecule has 2 aromatic rings. The number of benzene rings is 1. The van der Waals surface area contributed by atoms with Crippen LogP contribution in [-0.4, -0.2) is 4.98 Å². The Labute approximate surface area is 103 Å². The van der Waals surface area contributed by atoms with Crippen molar-refractivity contribution in [1.82, 2.24) is 4.98 Å². The first-order chi connectivity index (χ1) is 7.38. The van der Waals surface area contributed by atoms with Crippen LogP contribution in [0.5, 0.6) is 0 Å². The van der Waals surface area contributed by atoms with E-state index in [4.69, 9.17) is 0 Å². The van der Waals surface area contributed by atoms with Crippen molar-refractivity contribution in [1.29, 1.82) is 0 Å². The summed E-state index contributed by atoms with van der Waals surface area (Å²) in [5, 5.41) is 3.25. The summed E-state index contributed by atoms with van der Waals surface area (Å²) in [6, 6.07) is 10.4. The van der Waals surface area contributed by atoms with Gasteiger partial charge in [0.05, 0.1) is 11.4 Å². The maximum absolute atomic E-state index is 4.47. The van der Waals surface area contributed by atoms with Gasteiger partial charge >= 0.3 is 0 Å². The minimum atomic E-state index is 0.729. The SMILES string of the molecule is SCc1csc(CSc2ccccc2)n1. The Bertz CT molecular complexity index is 411. The second-order valence-corrected chi connectivity index (χ2v) is 5.30. The summed E-state index contributed by atoms with van der Waals surface area (Å²) in [6.07, 6.45) is 0. The van der Waals surface area contributed by atoms with Crippen molar-refractivity contribution in [2.45, 2.75) is 16.4 Å². The third-order valence-corrected chi connectivity index (χ3v) is 4.29. The summed E-state index contributed by atoms with van der Waals surface area (Å²) in [6.45, 7) is 0. The second-order valence-electron chi connectivity index (χ2n) is 2.99. The topological polar surface area (TPSA) is 12.9 Å². The summed E-state index contributed by atoms with van der Waals surface area (Å²) >= 11 is 7.73. The van der Waals surface area contributed by atoms with Crippen molar-refractivity contribution in [3.05, 3.63) is 46.4 Å². The van der Waals surface area contributed by atoms with Crippen LogP contribution in [0.3, 0.4) is 0 Å². The summed E-state index contributed by atoms with van der Waals surface area (Å²) in [5.74, 6) is 1.68. The van der Waals surface area contributed by atoms with Crippen LogP contribution in [0.25, 0.3) is 0 Å². The zero-order chi connectivity index (χ0) is 10.5. The second kappa shape index (κ2) is 5.58. The number of nitrogens with zero attached hydrogens (tertiary/aromatic N) is 1. The van der Waals surface area contributed by atoms with Gasteiger partial charge in [-0.15, -0.1) is 23.1 Å². The highest BCUT2D eigenvalue weighted by Crippen LogP contribution is 2.24. The van der Waals surface area contributed by atoms with E-state index < -0.39 is 0 Å². The first-order valence-electron chi connectivity index (χ1n) is 4.60. The molecular formula is C11H11NS3. The van der Waals surface area contributed by atoms with E-state index in [-0.39, 0.29) is 0 Å². The molecule has 0 aliphatic heterocycles. The third kappa shape index (κ3) is 3.26. The summed E-state index contributed by atoms with van der Waals surface area (Å²) in [7, 11) is 0. The molecule has 0 amide bonds. The van der Waals surface area contributed by atoms with E-state index in [0.29, 0.717) is 0 Å². The third-order valence-electron chi connectivity index (χ3n) is 1.87. The molecule has 0 fully saturated rings. The van der Waals surface area contributed by atoms with Crippen molar-refractivity contribution < 1.29 is 0 Å². The number of hydrogen-bond donors (Lipinski definition) is 1. The van der Waals surface area contributed by atoms with Crippen molar-refractivity contribution in [3.63, 3.8) is 0 Å². The van der Waals surface area contributed by atoms with Crippen LogP contribution in [0.1, 0.15) is 10.7 Å². The largest absolute Gasteiger partial charge is 0.245 e. The highest BCUT2D eigenvalue weighted by atomic mass is 32.2. The Morgan fingerprint density at radius 2 is 2.07 bits per heavy atom. The van der Waals surface area contributed by atoms with Gasteiger partial charge in [0.2, 0.25) is 0 Å². The zero-order valence-corrected chi connectivity index (χ0v) is 10.6. The van der Waals surface area contributed by atoms with E-state index in [1.807, 2.05) is 17.8 Å². The molecule has 1 aromatic carbocycles. The average molecular weight is 253 g/mol. The lowest BCUT2D eigenvalue weighted by Gasteiger charge is -1.97. The molecule has 0 bridgehead atoms. The number of aromatic nitrogens is 1. The fraction of sp³-hybridized carbons (Fsp3) is 0.182. The van der Waals surface area contributed by atoms with Crippen LogP contribution in [0.15, 0.2) is 40.6 Å². The summed E-state index contributed by atoms with van der Waals surface area (Å²) < 4.78 is 0. The molecule has 0 spiro atoms. The van der Waals surface area contributed by atoms with Gasteiger partial charge in [-0.2, -0.15) is 12.6 Å². The number of thioether (sulfide) groups is 1. The van der Waals surface area contributed by atoms with Gasteiger partial charge in [0.25, 0.3) is 0 Å². The molecule has 1 heterocycles. The molecule has 0 radical (unpaired) electrons. The summed E-state index contributed by atoms with van der Waals surface area (Å²) in [5.41, 5.74) is 1.08. The van der Waals surface area contributed by atoms with E-state index in [2.05, 4.69) is 47.3 Å². The Kier molecular flexibility index (Phi) is 4.11. The van der Waals surface area contributed by atoms with E-state index >= 15 is 0 Å². The lowest BCUT2D eigenvalue weighted by Crippen LogP contribution is -1.81. The molecule has 1 aromatic heterocycles. The Morgan fingerprint density at radius 1 is 1.27 bits per heavy atom. The average Bonchev–Trinajstić information content (AvgIpc) is 2.76. The van der Waals surface area contributed by atoms with E-state index in [0.717, 1.165) is 17.2 Å². The van der Waals surface area contributed by atoms with Gasteiger partial charge in [0, 0.05) is 16.0 Å². The van der Waals surface area contributed by atoms with Gasteiger partial charge in [-0.1, -0.05) is 18.2 Å². The number of thiol groups is 1. The van der Waals surface area contributed by atoms with Crippen molar-refractivity contribution in [3.8, 4) is 0 Å². The van der Waals surface area contributed by atoms with Crippen LogP contribution in [-0.2, 0) is 11.5 Å². The van der Waals surface area contributed by atoms with Gasteiger partial charge < -0.3 is 0 Å². The molecule has 0 N–H and O–H groups in total. The van der Waals surface area contributed by atoms with Crippen molar-refractivity contribution in [2.24, 2.45) is 0 Å². The van der Waals surface area contributed by atoms with Crippen LogP contribution < -0.4 is 0 Å². The maximum atomic E-state index is 4.47. The Hall–Kier alpha value is -0.450. The molecule has 0 aliphatic carbocycles. The summed E-state index contributed by atoms with van der Waals surface area (Å²) in [4.78, 5) is 5.76. The normalized spacial score (nSPS) is 10.5. The van der Waals surface area contributed by atoms with Crippen molar-refractivity contribution in [2.75, 3.05) is 0 Å². The molecule has 0 atom stereocenters. The van der Waals surface area contributed by atoms with Gasteiger partial charge in [-0.3, -0.25) is 0 Å². The first-order valence-corrected chi connectivity index (χ1v) is 7.10. The minimum Gasteiger partial charge on any atom is -0.245 e. The monoisotopic (exact) mass is 253 g/mol. The standard InChI is InChI=1S/C11H11NS3/c13-6-9-7-15-11(12-9)8-14-10-4-2-1-3-5-10/h1-5,7,13H,6,8H2. The van der Waals surface area contributed by atoms with Crippen LogP contribution in [0, 0.1) is 0 Å². The van der Waals surface area contributed by atoms with Crippen LogP contribution in [0.4, 0.5) is 0 Å². The van der Waals surface area contributed by atoms with Gasteiger partial charge in [0.1, 0.15) is 5.01 Å². The molecule has 0 unspecified atom stereocenters. The molecule has 1 nitrogen and oxygen atoms in total. The molecule has 0 saturated carbocycles. The van der Waals surface area contributed by atoms with Crippen LogP contribution >= 0.6 is 35.7 Å². The highest BCUT2D eigenvalue weighted by molar-refractivity contribution is 7.98. The first kappa shape index (κ1) is 11.0. The molecule has 78 valence electrons. The fourth-order valence-electron chi connectivity index (χ4n) is 1.15. The quantitative estimate of drug-likeness (QED) is 0.656. The molecule has 0 aliphatic rings. The van der Waals surface area contributed by atoms with Crippen molar-refractivity contribution >= 4 is 35.7 Å². The van der Waals surface area contributed by atoms with Gasteiger partial charge in [-0.25, -0.2) is 4.98 Å². The lowest BCUT2D eigenvalue weighted by atomic mass is 10.4. The lowest BCUT2D eigenvalue weighted by molar-refractivity contribution is 1.17.